The number of hydrogen-bond donors (Lipinski definition) is 0. The molecule has 60 valence electrons. The molecule has 0 aromatic heterocycles. The van der Waals surface area contributed by atoms with Crippen LogP contribution in [-0.2, 0) is 6.42 Å². The lowest BCUT2D eigenvalue weighted by molar-refractivity contribution is 0.798. The van der Waals surface area contributed by atoms with E-state index in [0.29, 0.717) is 0 Å². The lowest BCUT2D eigenvalue weighted by atomic mass is 10.1. The molecule has 0 radical (unpaired) electrons. The molecule has 0 saturated carbocycles. The van der Waals surface area contributed by atoms with Crippen molar-refractivity contribution in [3.8, 4) is 0 Å². The van der Waals surface area contributed by atoms with Crippen molar-refractivity contribution in [2.45, 2.75) is 26.2 Å². The van der Waals surface area contributed by atoms with Crippen LogP contribution >= 0.6 is 9.24 Å². The van der Waals surface area contributed by atoms with Gasteiger partial charge in [-0.3, -0.25) is 0 Å². The first-order valence-corrected chi connectivity index (χ1v) is 4.56. The van der Waals surface area contributed by atoms with Crippen LogP contribution in [-0.4, -0.2) is 0 Å². The molecule has 0 aliphatic heterocycles. The fraction of sp³-hybridized carbons (Fsp3) is 0.400. The normalized spacial score (nSPS) is 10.0. The summed E-state index contributed by atoms with van der Waals surface area (Å²) >= 11 is 0. The van der Waals surface area contributed by atoms with Crippen LogP contribution in [0.2, 0.25) is 0 Å². The van der Waals surface area contributed by atoms with Crippen LogP contribution in [0.1, 0.15) is 25.3 Å². The molecule has 0 spiro atoms. The average molecular weight is 164 g/mol. The minimum atomic E-state index is 1.13. The van der Waals surface area contributed by atoms with E-state index in [1.807, 2.05) is 12.1 Å². The van der Waals surface area contributed by atoms with E-state index in [4.69, 9.17) is 0 Å². The van der Waals surface area contributed by atoms with Gasteiger partial charge in [-0.1, -0.05) is 31.5 Å². The Hall–Kier alpha value is -0.350. The first kappa shape index (κ1) is 8.74. The molecular weight excluding hydrogens is 151 g/mol. The molecule has 0 nitrogen and oxygen atoms in total. The van der Waals surface area contributed by atoms with Crippen LogP contribution in [0, 0.1) is 0 Å². The molecule has 1 aromatic rings. The maximum atomic E-state index is 4.37. The van der Waals surface area contributed by atoms with E-state index < -0.39 is 0 Å². The summed E-state index contributed by atoms with van der Waals surface area (Å²) in [5.41, 5.74) is 1.37. The molecule has 0 saturated heterocycles. The van der Waals surface area contributed by atoms with Gasteiger partial charge in [-0.05, 0) is 12.8 Å². The molecule has 0 atom stereocenters. The van der Waals surface area contributed by atoms with Gasteiger partial charge in [0, 0.05) is 0 Å². The maximum Gasteiger partial charge on any atom is -0.0323 e. The van der Waals surface area contributed by atoms with E-state index in [0.717, 1.165) is 11.7 Å². The Kier molecular flexibility index (Phi) is 3.59. The summed E-state index contributed by atoms with van der Waals surface area (Å²) in [7, 11) is 4.37. The van der Waals surface area contributed by atoms with Crippen molar-refractivity contribution in [3.05, 3.63) is 29.8 Å². The van der Waals surface area contributed by atoms with Crippen molar-refractivity contribution in [1.29, 1.82) is 0 Å². The largest absolute Gasteiger partial charge is 1.45 e. The topological polar surface area (TPSA) is 0 Å². The summed E-state index contributed by atoms with van der Waals surface area (Å²) in [5.74, 6) is 0. The maximum absolute atomic E-state index is 4.37. The van der Waals surface area contributed by atoms with Crippen molar-refractivity contribution in [2.24, 2.45) is 0 Å². The zero-order chi connectivity index (χ0) is 8.10. The third-order valence-electron chi connectivity index (χ3n) is 1.79. The van der Waals surface area contributed by atoms with Crippen molar-refractivity contribution in [2.75, 3.05) is 0 Å². The van der Waals surface area contributed by atoms with E-state index >= 15 is 0 Å². The van der Waals surface area contributed by atoms with Crippen molar-refractivity contribution < 1.29 is 0 Å². The molecule has 11 heavy (non-hydrogen) atoms. The molecule has 1 rings (SSSR count). The lowest BCUT2D eigenvalue weighted by Crippen LogP contribution is -1.99. The predicted molar refractivity (Wildman–Crippen MR) is 51.6 cm³/mol. The molecular formula is C10H13P-2. The van der Waals surface area contributed by atoms with Gasteiger partial charge in [0.15, 0.2) is 0 Å². The standard InChI is InChI=1S/C10H13P/c1-2-3-6-9-7-4-5-8-10(9)11/h4-5,7-8H,2-3,6H2,1H3/q-2. The molecule has 0 unspecified atom stereocenters. The predicted octanol–water partition coefficient (Wildman–Crippen LogP) is 3.07. The van der Waals surface area contributed by atoms with E-state index in [2.05, 4.69) is 28.3 Å². The van der Waals surface area contributed by atoms with E-state index in [1.165, 1.54) is 18.4 Å². The highest BCUT2D eigenvalue weighted by molar-refractivity contribution is 7.27. The molecule has 0 aliphatic carbocycles. The highest BCUT2D eigenvalue weighted by atomic mass is 31.0. The Labute approximate surface area is 71.2 Å². The van der Waals surface area contributed by atoms with Crippen LogP contribution < -0.4 is 5.30 Å². The van der Waals surface area contributed by atoms with Crippen molar-refractivity contribution in [1.82, 2.24) is 0 Å². The fourth-order valence-electron chi connectivity index (χ4n) is 1.09. The number of rotatable bonds is 3. The monoisotopic (exact) mass is 164 g/mol. The molecule has 0 N–H and O–H groups in total. The lowest BCUT2D eigenvalue weighted by Gasteiger charge is -2.37. The van der Waals surface area contributed by atoms with Gasteiger partial charge >= 0.3 is 0 Å². The van der Waals surface area contributed by atoms with Crippen LogP contribution in [0.5, 0.6) is 0 Å². The quantitative estimate of drug-likeness (QED) is 0.602. The van der Waals surface area contributed by atoms with Crippen LogP contribution in [0.25, 0.3) is 0 Å². The minimum Gasteiger partial charge on any atom is -1.45 e. The number of benzene rings is 1. The van der Waals surface area contributed by atoms with Gasteiger partial charge < -0.3 is 14.5 Å². The summed E-state index contributed by atoms with van der Waals surface area (Å²) in [5, 5.41) is 1.13. The highest BCUT2D eigenvalue weighted by Gasteiger charge is 1.85. The van der Waals surface area contributed by atoms with Crippen LogP contribution in [0.3, 0.4) is 0 Å². The number of aryl methyl sites for hydroxylation is 1. The second-order valence-corrected chi connectivity index (χ2v) is 3.21. The van der Waals surface area contributed by atoms with E-state index in [1.54, 1.807) is 0 Å². The van der Waals surface area contributed by atoms with Gasteiger partial charge in [-0.2, -0.15) is 0 Å². The Bertz CT molecular complexity index is 218. The molecule has 0 bridgehead atoms. The Balaban J connectivity index is 2.62. The SMILES string of the molecule is CCCCc1ccccc1[P-2]. The van der Waals surface area contributed by atoms with Gasteiger partial charge in [0.2, 0.25) is 0 Å². The smallest absolute Gasteiger partial charge is 0.0323 e. The Morgan fingerprint density at radius 2 is 2.00 bits per heavy atom. The first-order chi connectivity index (χ1) is 5.34. The van der Waals surface area contributed by atoms with Crippen molar-refractivity contribution in [3.63, 3.8) is 0 Å². The zero-order valence-electron chi connectivity index (χ0n) is 6.88. The summed E-state index contributed by atoms with van der Waals surface area (Å²) in [4.78, 5) is 0. The van der Waals surface area contributed by atoms with Crippen LogP contribution in [0.4, 0.5) is 0 Å². The Morgan fingerprint density at radius 1 is 1.27 bits per heavy atom. The molecule has 0 heterocycles. The fourth-order valence-corrected chi connectivity index (χ4v) is 1.36. The number of unbranched alkanes of at least 4 members (excludes halogenated alkanes) is 1. The molecule has 0 amide bonds. The van der Waals surface area contributed by atoms with Gasteiger partial charge in [0.1, 0.15) is 0 Å². The number of hydrogen-bond acceptors (Lipinski definition) is 0. The van der Waals surface area contributed by atoms with Gasteiger partial charge in [0.05, 0.1) is 0 Å². The summed E-state index contributed by atoms with van der Waals surface area (Å²) < 4.78 is 0. The zero-order valence-corrected chi connectivity index (χ0v) is 7.77. The summed E-state index contributed by atoms with van der Waals surface area (Å²) in [6.45, 7) is 2.21. The molecule has 0 aliphatic rings. The third-order valence-corrected chi connectivity index (χ3v) is 2.23. The van der Waals surface area contributed by atoms with Gasteiger partial charge in [-0.15, -0.1) is 11.6 Å². The summed E-state index contributed by atoms with van der Waals surface area (Å²) in [6, 6.07) is 8.30. The second-order valence-electron chi connectivity index (χ2n) is 2.73. The Morgan fingerprint density at radius 3 is 2.64 bits per heavy atom. The second kappa shape index (κ2) is 4.51. The summed E-state index contributed by atoms with van der Waals surface area (Å²) in [6.07, 6.45) is 3.68. The van der Waals surface area contributed by atoms with Gasteiger partial charge in [-0.25, -0.2) is 0 Å². The average Bonchev–Trinajstić information content (AvgIpc) is 2.03. The molecule has 1 heteroatoms. The van der Waals surface area contributed by atoms with Crippen LogP contribution in [0.15, 0.2) is 24.3 Å². The van der Waals surface area contributed by atoms with Gasteiger partial charge in [0.25, 0.3) is 0 Å². The van der Waals surface area contributed by atoms with E-state index in [9.17, 15) is 0 Å². The first-order valence-electron chi connectivity index (χ1n) is 4.11. The minimum absolute atomic E-state index is 1.13. The molecule has 0 fully saturated rings. The van der Waals surface area contributed by atoms with Crippen molar-refractivity contribution >= 4 is 14.5 Å². The highest BCUT2D eigenvalue weighted by Crippen LogP contribution is 2.04. The third kappa shape index (κ3) is 2.63. The van der Waals surface area contributed by atoms with E-state index in [-0.39, 0.29) is 0 Å². The molecule has 1 aromatic carbocycles.